The number of carbonyl (C=O) groups is 1. The van der Waals surface area contributed by atoms with Crippen molar-refractivity contribution in [3.63, 3.8) is 0 Å². The number of piperazine rings is 1. The van der Waals surface area contributed by atoms with Crippen LogP contribution in [0.25, 0.3) is 15.3 Å². The predicted molar refractivity (Wildman–Crippen MR) is 126 cm³/mol. The third-order valence-corrected chi connectivity index (χ3v) is 6.94. The fourth-order valence-corrected chi connectivity index (χ4v) is 5.32. The van der Waals surface area contributed by atoms with Crippen LogP contribution < -0.4 is 4.90 Å². The number of carbonyl (C=O) groups excluding carboxylic acids is 1. The molecule has 1 saturated heterocycles. The Hall–Kier alpha value is -2.97. The highest BCUT2D eigenvalue weighted by Gasteiger charge is 2.26. The number of thiazole rings is 1. The molecule has 0 N–H and O–H groups in total. The smallest absolute Gasteiger partial charge is 0.253 e. The highest BCUT2D eigenvalue weighted by atomic mass is 35.5. The van der Waals surface area contributed by atoms with Gasteiger partial charge in [0.2, 0.25) is 5.13 Å². The van der Waals surface area contributed by atoms with Crippen molar-refractivity contribution in [2.24, 2.45) is 0 Å². The molecule has 0 aliphatic carbocycles. The molecule has 164 valence electrons. The Labute approximate surface area is 193 Å². The van der Waals surface area contributed by atoms with Gasteiger partial charge in [-0.3, -0.25) is 4.79 Å². The summed E-state index contributed by atoms with van der Waals surface area (Å²) in [5.41, 5.74) is 4.21. The summed E-state index contributed by atoms with van der Waals surface area (Å²) in [6.45, 7) is 6.36. The van der Waals surface area contributed by atoms with Gasteiger partial charge in [-0.2, -0.15) is 5.10 Å². The second-order valence-electron chi connectivity index (χ2n) is 7.86. The van der Waals surface area contributed by atoms with E-state index in [4.69, 9.17) is 16.6 Å². The summed E-state index contributed by atoms with van der Waals surface area (Å²) in [6.07, 6.45) is 0. The molecule has 2 aromatic carbocycles. The summed E-state index contributed by atoms with van der Waals surface area (Å²) in [7, 11) is 0. The normalized spacial score (nSPS) is 14.4. The average molecular weight is 470 g/mol. The van der Waals surface area contributed by atoms with Crippen molar-refractivity contribution in [1.82, 2.24) is 19.7 Å². The minimum Gasteiger partial charge on any atom is -0.365 e. The number of fused-ring (bicyclic) bond motifs is 1. The van der Waals surface area contributed by atoms with Gasteiger partial charge in [0.05, 0.1) is 21.1 Å². The molecule has 2 aromatic heterocycles. The minimum atomic E-state index is -0.350. The van der Waals surface area contributed by atoms with Crippen LogP contribution >= 0.6 is 22.9 Å². The molecule has 1 aliphatic heterocycles. The van der Waals surface area contributed by atoms with Crippen LogP contribution in [0.4, 0.5) is 10.1 Å². The number of hydrogen-bond acceptors (Lipinski definition) is 5. The van der Waals surface area contributed by atoms with E-state index in [1.807, 2.05) is 36.7 Å². The van der Waals surface area contributed by atoms with Crippen molar-refractivity contribution in [2.45, 2.75) is 13.8 Å². The SMILES string of the molecule is Cc1cc(C)n(-c2nc3c(N4CCN(C(=O)c5ccc(F)cc5)CC4)c(Cl)ccc3s2)n1. The number of aromatic nitrogens is 3. The van der Waals surface area contributed by atoms with E-state index < -0.39 is 0 Å². The number of amides is 1. The van der Waals surface area contributed by atoms with Gasteiger partial charge in [-0.15, -0.1) is 0 Å². The summed E-state index contributed by atoms with van der Waals surface area (Å²) in [5, 5.41) is 6.00. The Balaban J connectivity index is 1.40. The quantitative estimate of drug-likeness (QED) is 0.430. The molecule has 6 nitrogen and oxygen atoms in total. The Morgan fingerprint density at radius 2 is 1.78 bits per heavy atom. The molecule has 5 rings (SSSR count). The highest BCUT2D eigenvalue weighted by Crippen LogP contribution is 2.38. The van der Waals surface area contributed by atoms with E-state index in [0.717, 1.165) is 32.4 Å². The molecule has 0 unspecified atom stereocenters. The Bertz CT molecular complexity index is 1310. The summed E-state index contributed by atoms with van der Waals surface area (Å²) >= 11 is 8.20. The summed E-state index contributed by atoms with van der Waals surface area (Å²) < 4.78 is 16.1. The lowest BCUT2D eigenvalue weighted by atomic mass is 10.1. The molecule has 0 atom stereocenters. The molecule has 32 heavy (non-hydrogen) atoms. The first-order valence-electron chi connectivity index (χ1n) is 10.3. The van der Waals surface area contributed by atoms with E-state index in [2.05, 4.69) is 10.00 Å². The third-order valence-electron chi connectivity index (χ3n) is 5.64. The van der Waals surface area contributed by atoms with E-state index in [1.165, 1.54) is 24.3 Å². The zero-order valence-corrected chi connectivity index (χ0v) is 19.3. The number of hydrogen-bond donors (Lipinski definition) is 0. The van der Waals surface area contributed by atoms with Gasteiger partial charge in [-0.25, -0.2) is 14.1 Å². The molecule has 4 aromatic rings. The fraction of sp³-hybridized carbons (Fsp3) is 0.261. The van der Waals surface area contributed by atoms with E-state index in [0.29, 0.717) is 36.8 Å². The first-order valence-corrected chi connectivity index (χ1v) is 11.5. The van der Waals surface area contributed by atoms with Gasteiger partial charge < -0.3 is 9.80 Å². The first-order chi connectivity index (χ1) is 15.4. The van der Waals surface area contributed by atoms with E-state index in [9.17, 15) is 9.18 Å². The topological polar surface area (TPSA) is 54.3 Å². The number of halogens is 2. The largest absolute Gasteiger partial charge is 0.365 e. The maximum absolute atomic E-state index is 13.2. The second kappa shape index (κ2) is 8.18. The van der Waals surface area contributed by atoms with Gasteiger partial charge in [0.1, 0.15) is 11.3 Å². The number of benzene rings is 2. The van der Waals surface area contributed by atoms with Crippen LogP contribution in [-0.4, -0.2) is 51.8 Å². The molecule has 9 heteroatoms. The van der Waals surface area contributed by atoms with Crippen LogP contribution in [-0.2, 0) is 0 Å². The van der Waals surface area contributed by atoms with E-state index >= 15 is 0 Å². The van der Waals surface area contributed by atoms with Gasteiger partial charge in [-0.1, -0.05) is 22.9 Å². The maximum Gasteiger partial charge on any atom is 0.253 e. The molecule has 0 bridgehead atoms. The van der Waals surface area contributed by atoms with Gasteiger partial charge in [0, 0.05) is 37.4 Å². The van der Waals surface area contributed by atoms with Crippen molar-refractivity contribution >= 4 is 44.7 Å². The van der Waals surface area contributed by atoms with Crippen molar-refractivity contribution in [3.8, 4) is 5.13 Å². The molecular weight excluding hydrogens is 449 g/mol. The molecule has 1 aliphatic rings. The third kappa shape index (κ3) is 3.73. The van der Waals surface area contributed by atoms with Crippen LogP contribution in [0.5, 0.6) is 0 Å². The Morgan fingerprint density at radius 3 is 2.44 bits per heavy atom. The van der Waals surface area contributed by atoms with Crippen LogP contribution in [0, 0.1) is 19.7 Å². The number of nitrogens with zero attached hydrogens (tertiary/aromatic N) is 5. The van der Waals surface area contributed by atoms with Gasteiger partial charge >= 0.3 is 0 Å². The standard InChI is InChI=1S/C23H21ClFN5OS/c1-14-13-15(2)30(27-14)23-26-20-19(32-23)8-7-18(24)21(20)28-9-11-29(12-10-28)22(31)16-3-5-17(25)6-4-16/h3-8,13H,9-12H2,1-2H3. The van der Waals surface area contributed by atoms with E-state index in [1.54, 1.807) is 16.2 Å². The van der Waals surface area contributed by atoms with Gasteiger partial charge in [0.25, 0.3) is 5.91 Å². The zero-order valence-electron chi connectivity index (χ0n) is 17.7. The highest BCUT2D eigenvalue weighted by molar-refractivity contribution is 7.20. The Morgan fingerprint density at radius 1 is 1.06 bits per heavy atom. The summed E-state index contributed by atoms with van der Waals surface area (Å²) in [5.74, 6) is -0.438. The average Bonchev–Trinajstić information content (AvgIpc) is 3.36. The van der Waals surface area contributed by atoms with Crippen molar-refractivity contribution in [1.29, 1.82) is 0 Å². The second-order valence-corrected chi connectivity index (χ2v) is 9.28. The molecule has 3 heterocycles. The lowest BCUT2D eigenvalue weighted by Crippen LogP contribution is -2.49. The monoisotopic (exact) mass is 469 g/mol. The molecular formula is C23H21ClFN5OS. The van der Waals surface area contributed by atoms with Crippen molar-refractivity contribution < 1.29 is 9.18 Å². The lowest BCUT2D eigenvalue weighted by Gasteiger charge is -2.36. The fourth-order valence-electron chi connectivity index (χ4n) is 4.07. The van der Waals surface area contributed by atoms with Crippen molar-refractivity contribution in [2.75, 3.05) is 31.1 Å². The number of rotatable bonds is 3. The van der Waals surface area contributed by atoms with Crippen LogP contribution in [0.3, 0.4) is 0 Å². The van der Waals surface area contributed by atoms with Crippen LogP contribution in [0.1, 0.15) is 21.7 Å². The molecule has 0 saturated carbocycles. The zero-order chi connectivity index (χ0) is 22.4. The minimum absolute atomic E-state index is 0.0885. The molecule has 1 amide bonds. The van der Waals surface area contributed by atoms with Crippen LogP contribution in [0.15, 0.2) is 42.5 Å². The first kappa shape index (κ1) is 20.9. The molecule has 0 radical (unpaired) electrons. The predicted octanol–water partition coefficient (Wildman–Crippen LogP) is 4.85. The number of aryl methyl sites for hydroxylation is 2. The Kier molecular flexibility index (Phi) is 5.35. The molecule has 1 fully saturated rings. The molecule has 0 spiro atoms. The summed E-state index contributed by atoms with van der Waals surface area (Å²) in [6, 6.07) is 11.6. The maximum atomic E-state index is 13.2. The van der Waals surface area contributed by atoms with Gasteiger partial charge in [-0.05, 0) is 56.3 Å². The van der Waals surface area contributed by atoms with Crippen LogP contribution in [0.2, 0.25) is 5.02 Å². The lowest BCUT2D eigenvalue weighted by molar-refractivity contribution is 0.0747. The summed E-state index contributed by atoms with van der Waals surface area (Å²) in [4.78, 5) is 21.6. The van der Waals surface area contributed by atoms with Crippen molar-refractivity contribution in [3.05, 3.63) is 70.3 Å². The number of anilines is 1. The van der Waals surface area contributed by atoms with Gasteiger partial charge in [0.15, 0.2) is 0 Å². The van der Waals surface area contributed by atoms with E-state index in [-0.39, 0.29) is 11.7 Å².